The van der Waals surface area contributed by atoms with Crippen LogP contribution in [0, 0.1) is 11.7 Å². The van der Waals surface area contributed by atoms with Crippen LogP contribution in [-0.4, -0.2) is 92.6 Å². The van der Waals surface area contributed by atoms with Crippen molar-refractivity contribution in [2.75, 3.05) is 55.6 Å². The van der Waals surface area contributed by atoms with Gasteiger partial charge in [-0.25, -0.2) is 27.4 Å². The Morgan fingerprint density at radius 1 is 1.05 bits per heavy atom. The number of carbonyl (C=O) groups is 2. The Bertz CT molecular complexity index is 1300. The molecule has 3 heterocycles. The number of piperidine rings is 1. The number of aliphatic carboxylic acids is 1. The van der Waals surface area contributed by atoms with E-state index >= 15 is 0 Å². The van der Waals surface area contributed by atoms with E-state index in [4.69, 9.17) is 14.6 Å². The molecule has 11 nitrogen and oxygen atoms in total. The van der Waals surface area contributed by atoms with Crippen LogP contribution in [0.4, 0.5) is 29.1 Å². The molecule has 2 aliphatic heterocycles. The second-order valence-electron chi connectivity index (χ2n) is 9.44. The molecule has 2 fully saturated rings. The summed E-state index contributed by atoms with van der Waals surface area (Å²) in [4.78, 5) is 29.4. The van der Waals surface area contributed by atoms with E-state index in [9.17, 15) is 35.9 Å². The first-order valence-corrected chi connectivity index (χ1v) is 14.1. The van der Waals surface area contributed by atoms with Crippen molar-refractivity contribution < 1.29 is 50.5 Å². The van der Waals surface area contributed by atoms with Crippen LogP contribution in [0.1, 0.15) is 29.6 Å². The smallest absolute Gasteiger partial charge is 0.478 e. The number of pyridine rings is 1. The molecule has 0 aliphatic carbocycles. The first-order chi connectivity index (χ1) is 19.3. The van der Waals surface area contributed by atoms with Crippen LogP contribution in [0.15, 0.2) is 41.4 Å². The van der Waals surface area contributed by atoms with Crippen molar-refractivity contribution in [3.8, 4) is 0 Å². The van der Waals surface area contributed by atoms with E-state index in [1.807, 2.05) is 4.90 Å². The quantitative estimate of drug-likeness (QED) is 0.382. The molecule has 0 bridgehead atoms. The summed E-state index contributed by atoms with van der Waals surface area (Å²) in [7, 11) is -4.01. The van der Waals surface area contributed by atoms with Gasteiger partial charge in [0.15, 0.2) is 0 Å². The Kier molecular flexibility index (Phi) is 10.9. The highest BCUT2D eigenvalue weighted by Gasteiger charge is 2.38. The third-order valence-electron chi connectivity index (χ3n) is 6.59. The van der Waals surface area contributed by atoms with Crippen molar-refractivity contribution in [2.45, 2.75) is 30.3 Å². The van der Waals surface area contributed by atoms with Crippen molar-refractivity contribution in [1.82, 2.24) is 9.88 Å². The summed E-state index contributed by atoms with van der Waals surface area (Å²) < 4.78 is 77.7. The summed E-state index contributed by atoms with van der Waals surface area (Å²) >= 11 is 0. The number of rotatable bonds is 8. The van der Waals surface area contributed by atoms with Crippen LogP contribution in [0.3, 0.4) is 0 Å². The van der Waals surface area contributed by atoms with Gasteiger partial charge >= 0.3 is 18.1 Å². The van der Waals surface area contributed by atoms with Crippen molar-refractivity contribution in [1.29, 1.82) is 0 Å². The maximum Gasteiger partial charge on any atom is 0.490 e. The molecule has 0 radical (unpaired) electrons. The van der Waals surface area contributed by atoms with Gasteiger partial charge in [-0.15, -0.1) is 0 Å². The number of ether oxygens (including phenoxy) is 1. The maximum atomic E-state index is 13.1. The van der Waals surface area contributed by atoms with E-state index in [0.29, 0.717) is 24.8 Å². The predicted molar refractivity (Wildman–Crippen MR) is 139 cm³/mol. The number of nitrogens with zero attached hydrogens (tertiary/aromatic N) is 3. The van der Waals surface area contributed by atoms with E-state index in [2.05, 4.69) is 14.6 Å². The standard InChI is InChI=1S/C23H29FN4O5S.C2HF3O2/c24-18-1-3-20(4-2-18)34(31,32)26-19-15-21(23(29)30)22(25-16-19)28-9-6-17(7-10-28)5-8-27-11-13-33-14-12-27;3-2(4,5)1(6)7/h1-4,15-17,26H,5-14H2,(H,29,30);(H,6,7). The third kappa shape index (κ3) is 9.54. The minimum absolute atomic E-state index is 0.0332. The summed E-state index contributed by atoms with van der Waals surface area (Å²) in [6.45, 7) is 5.97. The number of nitrogens with one attached hydrogen (secondary N) is 1. The highest BCUT2D eigenvalue weighted by molar-refractivity contribution is 7.92. The molecule has 0 atom stereocenters. The number of morpholine rings is 1. The molecule has 4 rings (SSSR count). The number of aromatic carboxylic acids is 1. The lowest BCUT2D eigenvalue weighted by Gasteiger charge is -2.35. The Hall–Kier alpha value is -3.50. The number of alkyl halides is 3. The van der Waals surface area contributed by atoms with Gasteiger partial charge in [0.2, 0.25) is 0 Å². The minimum Gasteiger partial charge on any atom is -0.478 e. The van der Waals surface area contributed by atoms with Gasteiger partial charge < -0.3 is 19.8 Å². The van der Waals surface area contributed by atoms with Crippen LogP contribution in [0.25, 0.3) is 0 Å². The molecule has 41 heavy (non-hydrogen) atoms. The Balaban J connectivity index is 0.000000587. The SMILES string of the molecule is O=C(O)C(F)(F)F.O=C(O)c1cc(NS(=O)(=O)c2ccc(F)cc2)cnc1N1CCC(CCN2CCOCC2)CC1. The summed E-state index contributed by atoms with van der Waals surface area (Å²) in [5.74, 6) is -3.58. The molecule has 1 aromatic heterocycles. The fourth-order valence-electron chi connectivity index (χ4n) is 4.37. The van der Waals surface area contributed by atoms with Gasteiger partial charge in [-0.1, -0.05) is 0 Å². The van der Waals surface area contributed by atoms with Gasteiger partial charge in [-0.05, 0) is 62.1 Å². The summed E-state index contributed by atoms with van der Waals surface area (Å²) in [5, 5.41) is 16.9. The Morgan fingerprint density at radius 2 is 1.63 bits per heavy atom. The van der Waals surface area contributed by atoms with Crippen LogP contribution in [0.2, 0.25) is 0 Å². The number of benzene rings is 1. The molecule has 0 spiro atoms. The molecular weight excluding hydrogens is 576 g/mol. The number of aromatic nitrogens is 1. The molecule has 3 N–H and O–H groups in total. The van der Waals surface area contributed by atoms with E-state index in [1.165, 1.54) is 12.3 Å². The average molecular weight is 607 g/mol. The van der Waals surface area contributed by atoms with Crippen LogP contribution >= 0.6 is 0 Å². The first kappa shape index (κ1) is 32.0. The molecule has 0 unspecified atom stereocenters. The van der Waals surface area contributed by atoms with Crippen LogP contribution < -0.4 is 9.62 Å². The Morgan fingerprint density at radius 3 is 2.17 bits per heavy atom. The van der Waals surface area contributed by atoms with Crippen molar-refractivity contribution in [2.24, 2.45) is 5.92 Å². The zero-order valence-corrected chi connectivity index (χ0v) is 22.6. The minimum atomic E-state index is -5.08. The second kappa shape index (κ2) is 13.9. The number of carboxylic acid groups (broad SMARTS) is 2. The zero-order chi connectivity index (χ0) is 30.2. The summed E-state index contributed by atoms with van der Waals surface area (Å²) in [5.41, 5.74) is -0.0306. The normalized spacial score (nSPS) is 16.9. The zero-order valence-electron chi connectivity index (χ0n) is 21.8. The predicted octanol–water partition coefficient (Wildman–Crippen LogP) is 3.29. The van der Waals surface area contributed by atoms with Gasteiger partial charge in [-0.2, -0.15) is 13.2 Å². The molecule has 0 saturated carbocycles. The topological polar surface area (TPSA) is 149 Å². The number of halogens is 4. The van der Waals surface area contributed by atoms with Crippen LogP contribution in [0.5, 0.6) is 0 Å². The number of hydrogen-bond acceptors (Lipinski definition) is 8. The van der Waals surface area contributed by atoms with Gasteiger partial charge in [0.05, 0.1) is 30.0 Å². The molecule has 226 valence electrons. The van der Waals surface area contributed by atoms with Crippen molar-refractivity contribution >= 4 is 33.5 Å². The van der Waals surface area contributed by atoms with E-state index in [0.717, 1.165) is 76.4 Å². The van der Waals surface area contributed by atoms with Gasteiger partial charge in [0, 0.05) is 26.2 Å². The lowest BCUT2D eigenvalue weighted by Crippen LogP contribution is -2.39. The molecule has 2 saturated heterocycles. The number of carboxylic acids is 2. The molecule has 2 aliphatic rings. The fourth-order valence-corrected chi connectivity index (χ4v) is 5.41. The third-order valence-corrected chi connectivity index (χ3v) is 7.98. The second-order valence-corrected chi connectivity index (χ2v) is 11.1. The number of sulfonamides is 1. The number of hydrogen-bond donors (Lipinski definition) is 3. The maximum absolute atomic E-state index is 13.1. The molecule has 16 heteroatoms. The average Bonchev–Trinajstić information content (AvgIpc) is 2.92. The highest BCUT2D eigenvalue weighted by atomic mass is 32.2. The van der Waals surface area contributed by atoms with E-state index in [-0.39, 0.29) is 16.1 Å². The lowest BCUT2D eigenvalue weighted by atomic mass is 9.93. The first-order valence-electron chi connectivity index (χ1n) is 12.6. The van der Waals surface area contributed by atoms with Crippen LogP contribution in [-0.2, 0) is 19.6 Å². The monoisotopic (exact) mass is 606 g/mol. The molecule has 2 aromatic rings. The summed E-state index contributed by atoms with van der Waals surface area (Å²) in [6, 6.07) is 5.64. The van der Waals surface area contributed by atoms with Gasteiger partial charge in [-0.3, -0.25) is 9.62 Å². The summed E-state index contributed by atoms with van der Waals surface area (Å²) in [6.07, 6.45) is -0.765. The molecular formula is C25H30F4N4O7S. The molecule has 0 amide bonds. The largest absolute Gasteiger partial charge is 0.490 e. The van der Waals surface area contributed by atoms with Gasteiger partial charge in [0.25, 0.3) is 10.0 Å². The Labute approximate surface area is 233 Å². The number of anilines is 2. The van der Waals surface area contributed by atoms with E-state index < -0.39 is 34.0 Å². The van der Waals surface area contributed by atoms with Crippen molar-refractivity contribution in [3.05, 3.63) is 47.9 Å². The fraction of sp³-hybridized carbons (Fsp3) is 0.480. The van der Waals surface area contributed by atoms with E-state index in [1.54, 1.807) is 0 Å². The highest BCUT2D eigenvalue weighted by Crippen LogP contribution is 2.29. The molecule has 1 aromatic carbocycles. The van der Waals surface area contributed by atoms with Crippen molar-refractivity contribution in [3.63, 3.8) is 0 Å². The van der Waals surface area contributed by atoms with Gasteiger partial charge in [0.1, 0.15) is 17.2 Å². The lowest BCUT2D eigenvalue weighted by molar-refractivity contribution is -0.192.